The van der Waals surface area contributed by atoms with Crippen molar-refractivity contribution >= 4 is 17.6 Å². The van der Waals surface area contributed by atoms with E-state index in [0.717, 1.165) is 0 Å². The molecule has 0 atom stereocenters. The van der Waals surface area contributed by atoms with Crippen LogP contribution in [0.1, 0.15) is 33.9 Å². The second-order valence-corrected chi connectivity index (χ2v) is 5.90. The lowest BCUT2D eigenvalue weighted by Crippen LogP contribution is -2.23. The zero-order chi connectivity index (χ0) is 19.1. The third-order valence-electron chi connectivity index (χ3n) is 3.80. The predicted molar refractivity (Wildman–Crippen MR) is 95.5 cm³/mol. The number of furan rings is 1. The highest BCUT2D eigenvalue weighted by Crippen LogP contribution is 2.17. The van der Waals surface area contributed by atoms with Crippen LogP contribution in [0.3, 0.4) is 0 Å². The molecule has 7 heteroatoms. The lowest BCUT2D eigenvalue weighted by atomic mass is 10.2. The van der Waals surface area contributed by atoms with Crippen LogP contribution in [0.25, 0.3) is 0 Å². The SMILES string of the molecule is COC(=O)c1cc(CN(C)CCC(=O)Nc2cccc(C#N)c2)oc1C. The van der Waals surface area contributed by atoms with Crippen LogP contribution < -0.4 is 5.32 Å². The summed E-state index contributed by atoms with van der Waals surface area (Å²) in [5.41, 5.74) is 1.50. The van der Waals surface area contributed by atoms with E-state index in [4.69, 9.17) is 14.4 Å². The van der Waals surface area contributed by atoms with E-state index in [9.17, 15) is 9.59 Å². The molecular formula is C19H21N3O4. The lowest BCUT2D eigenvalue weighted by Gasteiger charge is -2.14. The van der Waals surface area contributed by atoms with Gasteiger partial charge in [0.05, 0.1) is 25.3 Å². The van der Waals surface area contributed by atoms with E-state index in [2.05, 4.69) is 5.32 Å². The summed E-state index contributed by atoms with van der Waals surface area (Å²) in [4.78, 5) is 25.6. The summed E-state index contributed by atoms with van der Waals surface area (Å²) >= 11 is 0. The molecule has 1 heterocycles. The van der Waals surface area contributed by atoms with Gasteiger partial charge < -0.3 is 14.5 Å². The van der Waals surface area contributed by atoms with Crippen LogP contribution in [-0.4, -0.2) is 37.5 Å². The van der Waals surface area contributed by atoms with Crippen molar-refractivity contribution in [3.05, 3.63) is 53.0 Å². The van der Waals surface area contributed by atoms with Crippen LogP contribution in [0.4, 0.5) is 5.69 Å². The Balaban J connectivity index is 1.84. The van der Waals surface area contributed by atoms with Crippen LogP contribution in [0.15, 0.2) is 34.7 Å². The van der Waals surface area contributed by atoms with E-state index >= 15 is 0 Å². The van der Waals surface area contributed by atoms with Gasteiger partial charge in [0.25, 0.3) is 0 Å². The molecule has 2 rings (SSSR count). The van der Waals surface area contributed by atoms with Crippen molar-refractivity contribution in [2.75, 3.05) is 26.0 Å². The normalized spacial score (nSPS) is 10.4. The summed E-state index contributed by atoms with van der Waals surface area (Å²) in [6.07, 6.45) is 0.289. The van der Waals surface area contributed by atoms with Gasteiger partial charge in [-0.15, -0.1) is 0 Å². The smallest absolute Gasteiger partial charge is 0.341 e. The molecule has 1 N–H and O–H groups in total. The molecule has 0 aliphatic rings. The van der Waals surface area contributed by atoms with Crippen molar-refractivity contribution in [1.29, 1.82) is 5.26 Å². The van der Waals surface area contributed by atoms with Crippen molar-refractivity contribution < 1.29 is 18.7 Å². The quantitative estimate of drug-likeness (QED) is 0.767. The van der Waals surface area contributed by atoms with Crippen LogP contribution >= 0.6 is 0 Å². The summed E-state index contributed by atoms with van der Waals surface area (Å²) in [6.45, 7) is 2.69. The molecule has 0 bridgehead atoms. The van der Waals surface area contributed by atoms with Gasteiger partial charge in [0.15, 0.2) is 0 Å². The topological polar surface area (TPSA) is 95.6 Å². The van der Waals surface area contributed by atoms with Gasteiger partial charge in [-0.3, -0.25) is 9.69 Å². The molecule has 0 spiro atoms. The van der Waals surface area contributed by atoms with Gasteiger partial charge in [0, 0.05) is 18.7 Å². The molecule has 7 nitrogen and oxygen atoms in total. The first kappa shape index (κ1) is 19.2. The molecule has 1 aromatic heterocycles. The highest BCUT2D eigenvalue weighted by Gasteiger charge is 2.16. The molecular weight excluding hydrogens is 334 g/mol. The zero-order valence-electron chi connectivity index (χ0n) is 15.0. The number of carbonyl (C=O) groups is 2. The number of esters is 1. The van der Waals surface area contributed by atoms with E-state index in [1.54, 1.807) is 37.3 Å². The summed E-state index contributed by atoms with van der Waals surface area (Å²) in [5.74, 6) is 0.569. The Labute approximate surface area is 152 Å². The maximum atomic E-state index is 12.1. The minimum Gasteiger partial charge on any atom is -0.465 e. The number of nitrogens with zero attached hydrogens (tertiary/aromatic N) is 2. The Morgan fingerprint density at radius 2 is 2.12 bits per heavy atom. The molecule has 136 valence electrons. The van der Waals surface area contributed by atoms with Crippen LogP contribution in [0.2, 0.25) is 0 Å². The molecule has 1 aromatic carbocycles. The zero-order valence-corrected chi connectivity index (χ0v) is 15.0. The Hall–Kier alpha value is -3.11. The van der Waals surface area contributed by atoms with E-state index in [1.807, 2.05) is 18.0 Å². The first-order valence-electron chi connectivity index (χ1n) is 8.09. The standard InChI is InChI=1S/C19H21N3O4/c1-13-17(19(24)25-3)10-16(26-13)12-22(2)8-7-18(23)21-15-6-4-5-14(9-15)11-20/h4-6,9-10H,7-8,12H2,1-3H3,(H,21,23). The molecule has 0 radical (unpaired) electrons. The van der Waals surface area contributed by atoms with Gasteiger partial charge in [0.2, 0.25) is 5.91 Å². The third-order valence-corrected chi connectivity index (χ3v) is 3.80. The van der Waals surface area contributed by atoms with E-state index < -0.39 is 5.97 Å². The highest BCUT2D eigenvalue weighted by molar-refractivity contribution is 5.91. The van der Waals surface area contributed by atoms with Crippen molar-refractivity contribution in [2.24, 2.45) is 0 Å². The fraction of sp³-hybridized carbons (Fsp3) is 0.316. The number of hydrogen-bond donors (Lipinski definition) is 1. The highest BCUT2D eigenvalue weighted by atomic mass is 16.5. The number of anilines is 1. The second kappa shape index (κ2) is 8.83. The Kier molecular flexibility index (Phi) is 6.53. The molecule has 0 unspecified atom stereocenters. The maximum absolute atomic E-state index is 12.1. The number of carbonyl (C=O) groups excluding carboxylic acids is 2. The monoisotopic (exact) mass is 355 g/mol. The van der Waals surface area contributed by atoms with Crippen LogP contribution in [0, 0.1) is 18.3 Å². The number of rotatable bonds is 7. The summed E-state index contributed by atoms with van der Waals surface area (Å²) in [6, 6.07) is 10.5. The molecule has 0 aliphatic carbocycles. The predicted octanol–water partition coefficient (Wildman–Crippen LogP) is 2.71. The molecule has 2 aromatic rings. The minimum absolute atomic E-state index is 0.141. The Morgan fingerprint density at radius 3 is 2.81 bits per heavy atom. The van der Waals surface area contributed by atoms with Gasteiger partial charge in [-0.2, -0.15) is 5.26 Å². The maximum Gasteiger partial charge on any atom is 0.341 e. The van der Waals surface area contributed by atoms with E-state index in [0.29, 0.717) is 41.4 Å². The van der Waals surface area contributed by atoms with Gasteiger partial charge in [-0.25, -0.2) is 4.79 Å². The van der Waals surface area contributed by atoms with E-state index in [-0.39, 0.29) is 12.3 Å². The number of ether oxygens (including phenoxy) is 1. The third kappa shape index (κ3) is 5.19. The molecule has 26 heavy (non-hydrogen) atoms. The van der Waals surface area contributed by atoms with Crippen molar-refractivity contribution in [3.63, 3.8) is 0 Å². The first-order valence-corrected chi connectivity index (χ1v) is 8.09. The fourth-order valence-corrected chi connectivity index (χ4v) is 2.46. The number of aryl methyl sites for hydroxylation is 1. The second-order valence-electron chi connectivity index (χ2n) is 5.90. The number of methoxy groups -OCH3 is 1. The van der Waals surface area contributed by atoms with Gasteiger partial charge in [0.1, 0.15) is 17.1 Å². The lowest BCUT2D eigenvalue weighted by molar-refractivity contribution is -0.116. The minimum atomic E-state index is -0.431. The fourth-order valence-electron chi connectivity index (χ4n) is 2.46. The average Bonchev–Trinajstić information content (AvgIpc) is 2.99. The van der Waals surface area contributed by atoms with Crippen molar-refractivity contribution in [1.82, 2.24) is 4.90 Å². The summed E-state index contributed by atoms with van der Waals surface area (Å²) in [7, 11) is 3.19. The van der Waals surface area contributed by atoms with Gasteiger partial charge in [-0.05, 0) is 38.2 Å². The van der Waals surface area contributed by atoms with E-state index in [1.165, 1.54) is 7.11 Å². The van der Waals surface area contributed by atoms with Crippen molar-refractivity contribution in [3.8, 4) is 6.07 Å². The Bertz CT molecular complexity index is 836. The average molecular weight is 355 g/mol. The number of amides is 1. The van der Waals surface area contributed by atoms with Crippen LogP contribution in [-0.2, 0) is 16.1 Å². The Morgan fingerprint density at radius 1 is 1.35 bits per heavy atom. The van der Waals surface area contributed by atoms with Gasteiger partial charge in [-0.1, -0.05) is 6.07 Å². The number of nitriles is 1. The molecule has 0 saturated heterocycles. The van der Waals surface area contributed by atoms with Crippen LogP contribution in [0.5, 0.6) is 0 Å². The summed E-state index contributed by atoms with van der Waals surface area (Å²) < 4.78 is 10.3. The number of nitrogens with one attached hydrogen (secondary N) is 1. The molecule has 0 saturated carbocycles. The number of hydrogen-bond acceptors (Lipinski definition) is 6. The summed E-state index contributed by atoms with van der Waals surface area (Å²) in [5, 5.41) is 11.6. The molecule has 0 fully saturated rings. The number of benzene rings is 1. The molecule has 0 aliphatic heterocycles. The van der Waals surface area contributed by atoms with Crippen molar-refractivity contribution in [2.45, 2.75) is 19.9 Å². The first-order chi connectivity index (χ1) is 12.4. The molecule has 1 amide bonds. The van der Waals surface area contributed by atoms with Gasteiger partial charge >= 0.3 is 5.97 Å². The largest absolute Gasteiger partial charge is 0.465 e.